The molecule has 31 heavy (non-hydrogen) atoms. The fourth-order valence-electron chi connectivity index (χ4n) is 3.29. The first-order valence-corrected chi connectivity index (χ1v) is 10.2. The Morgan fingerprint density at radius 2 is 2.03 bits per heavy atom. The second kappa shape index (κ2) is 8.87. The van der Waals surface area contributed by atoms with Gasteiger partial charge in [-0.1, -0.05) is 12.1 Å². The van der Waals surface area contributed by atoms with E-state index in [0.717, 1.165) is 28.0 Å². The third-order valence-electron chi connectivity index (χ3n) is 4.82. The van der Waals surface area contributed by atoms with E-state index in [1.807, 2.05) is 68.4 Å². The van der Waals surface area contributed by atoms with Gasteiger partial charge in [-0.25, -0.2) is 9.97 Å². The number of nitrogens with one attached hydrogen (secondary N) is 2. The van der Waals surface area contributed by atoms with E-state index in [2.05, 4.69) is 33.5 Å². The van der Waals surface area contributed by atoms with E-state index in [1.165, 1.54) is 0 Å². The number of carbonyl (C=O) groups is 1. The zero-order valence-electron chi connectivity index (χ0n) is 17.8. The number of anilines is 2. The first-order valence-electron chi connectivity index (χ1n) is 10.2. The van der Waals surface area contributed by atoms with Gasteiger partial charge in [-0.05, 0) is 56.3 Å². The number of nitrogens with zero attached hydrogens (tertiary/aromatic N) is 3. The van der Waals surface area contributed by atoms with Crippen LogP contribution in [0.3, 0.4) is 0 Å². The molecule has 4 rings (SSSR count). The van der Waals surface area contributed by atoms with Crippen LogP contribution in [0.1, 0.15) is 13.8 Å². The van der Waals surface area contributed by atoms with E-state index in [9.17, 15) is 4.79 Å². The van der Waals surface area contributed by atoms with Crippen molar-refractivity contribution in [1.29, 1.82) is 0 Å². The fraction of sp³-hybridized carbons (Fsp3) is 0.208. The Bertz CT molecular complexity index is 1200. The average molecular weight is 415 g/mol. The molecule has 7 nitrogen and oxygen atoms in total. The summed E-state index contributed by atoms with van der Waals surface area (Å²) in [6.45, 7) is 3.79. The number of benzene rings is 2. The number of amides is 1. The molecule has 2 N–H and O–H groups in total. The third-order valence-corrected chi connectivity index (χ3v) is 4.82. The molecule has 0 bridgehead atoms. The van der Waals surface area contributed by atoms with Gasteiger partial charge < -0.3 is 19.9 Å². The molecule has 0 radical (unpaired) electrons. The monoisotopic (exact) mass is 415 g/mol. The predicted octanol–water partition coefficient (Wildman–Crippen LogP) is 4.30. The summed E-state index contributed by atoms with van der Waals surface area (Å²) in [5.74, 6) is 1.81. The number of ether oxygens (including phenoxy) is 1. The molecule has 0 aliphatic carbocycles. The molecule has 1 amide bonds. The molecule has 7 heteroatoms. The Morgan fingerprint density at radius 3 is 2.87 bits per heavy atom. The van der Waals surface area contributed by atoms with Crippen molar-refractivity contribution in [3.8, 4) is 17.1 Å². The van der Waals surface area contributed by atoms with Crippen molar-refractivity contribution >= 4 is 28.3 Å². The van der Waals surface area contributed by atoms with Gasteiger partial charge in [-0.3, -0.25) is 4.79 Å². The highest BCUT2D eigenvalue weighted by molar-refractivity contribution is 5.84. The molecule has 4 aromatic rings. The summed E-state index contributed by atoms with van der Waals surface area (Å²) in [4.78, 5) is 26.2. The average Bonchev–Trinajstić information content (AvgIpc) is 3.25. The van der Waals surface area contributed by atoms with E-state index in [0.29, 0.717) is 11.6 Å². The Balaban J connectivity index is 1.53. The smallest absolute Gasteiger partial charge is 0.258 e. The number of hydrogen-bond donors (Lipinski definition) is 2. The number of H-pyrrole nitrogens is 1. The van der Waals surface area contributed by atoms with Crippen molar-refractivity contribution in [2.45, 2.75) is 19.9 Å². The molecule has 0 fully saturated rings. The molecule has 2 aromatic carbocycles. The van der Waals surface area contributed by atoms with Crippen LogP contribution in [0.4, 0.5) is 11.5 Å². The summed E-state index contributed by atoms with van der Waals surface area (Å²) in [6, 6.07) is 17.7. The highest BCUT2D eigenvalue weighted by Crippen LogP contribution is 2.27. The summed E-state index contributed by atoms with van der Waals surface area (Å²) in [5, 5.41) is 3.95. The highest BCUT2D eigenvalue weighted by atomic mass is 16.5. The quantitative estimate of drug-likeness (QED) is 0.470. The van der Waals surface area contributed by atoms with Crippen molar-refractivity contribution in [2.24, 2.45) is 0 Å². The van der Waals surface area contributed by atoms with E-state index < -0.39 is 0 Å². The number of fused-ring (bicyclic) bond motifs is 1. The van der Waals surface area contributed by atoms with Gasteiger partial charge in [0.2, 0.25) is 0 Å². The maximum atomic E-state index is 11.8. The minimum absolute atomic E-state index is 0.0348. The molecule has 2 aromatic heterocycles. The number of rotatable bonds is 7. The number of aromatic amines is 1. The summed E-state index contributed by atoms with van der Waals surface area (Å²) >= 11 is 0. The zero-order valence-corrected chi connectivity index (χ0v) is 17.8. The lowest BCUT2D eigenvalue weighted by atomic mass is 10.2. The largest absolute Gasteiger partial charge is 0.484 e. The van der Waals surface area contributed by atoms with Crippen molar-refractivity contribution in [3.63, 3.8) is 0 Å². The van der Waals surface area contributed by atoms with E-state index >= 15 is 0 Å². The van der Waals surface area contributed by atoms with Crippen LogP contribution >= 0.6 is 0 Å². The second-order valence-corrected chi connectivity index (χ2v) is 7.59. The van der Waals surface area contributed by atoms with Gasteiger partial charge in [0.05, 0.1) is 0 Å². The van der Waals surface area contributed by atoms with Crippen LogP contribution in [0.5, 0.6) is 5.75 Å². The predicted molar refractivity (Wildman–Crippen MR) is 123 cm³/mol. The normalized spacial score (nSPS) is 11.0. The first-order chi connectivity index (χ1) is 15.0. The number of hydrogen-bond acceptors (Lipinski definition) is 5. The summed E-state index contributed by atoms with van der Waals surface area (Å²) in [7, 11) is 1.98. The van der Waals surface area contributed by atoms with Crippen molar-refractivity contribution < 1.29 is 9.53 Å². The molecule has 0 saturated heterocycles. The minimum Gasteiger partial charge on any atom is -0.484 e. The Morgan fingerprint density at radius 1 is 1.16 bits per heavy atom. The van der Waals surface area contributed by atoms with Gasteiger partial charge in [0.25, 0.3) is 5.91 Å². The Kier molecular flexibility index (Phi) is 5.84. The van der Waals surface area contributed by atoms with Crippen molar-refractivity contribution in [2.75, 3.05) is 18.6 Å². The van der Waals surface area contributed by atoms with E-state index in [-0.39, 0.29) is 18.6 Å². The van der Waals surface area contributed by atoms with Crippen LogP contribution < -0.4 is 15.0 Å². The zero-order chi connectivity index (χ0) is 21.8. The van der Waals surface area contributed by atoms with Crippen molar-refractivity contribution in [1.82, 2.24) is 20.3 Å². The molecule has 2 heterocycles. The SMILES string of the molecule is CC(C)NC(=O)COc1cccc(-c2nccc(N(C)c3ccc4[nH]ccc4c3)n2)c1. The topological polar surface area (TPSA) is 83.1 Å². The maximum absolute atomic E-state index is 11.8. The third kappa shape index (κ3) is 4.83. The molecule has 158 valence electrons. The summed E-state index contributed by atoms with van der Waals surface area (Å²) in [6.07, 6.45) is 3.67. The van der Waals surface area contributed by atoms with Crippen LogP contribution in [0.2, 0.25) is 0 Å². The standard InChI is InChI=1S/C24H25N5O2/c1-16(2)27-23(30)15-31-20-6-4-5-18(14-20)24-26-12-10-22(28-24)29(3)19-7-8-21-17(13-19)9-11-25-21/h4-14,16,25H,15H2,1-3H3,(H,27,30). The van der Waals surface area contributed by atoms with Crippen LogP contribution in [0, 0.1) is 0 Å². The van der Waals surface area contributed by atoms with Crippen LogP contribution in [-0.2, 0) is 4.79 Å². The molecule has 0 saturated carbocycles. The lowest BCUT2D eigenvalue weighted by molar-refractivity contribution is -0.123. The van der Waals surface area contributed by atoms with Crippen molar-refractivity contribution in [3.05, 3.63) is 67.0 Å². The van der Waals surface area contributed by atoms with E-state index in [4.69, 9.17) is 9.72 Å². The van der Waals surface area contributed by atoms with Gasteiger partial charge in [0, 0.05) is 47.6 Å². The van der Waals surface area contributed by atoms with Gasteiger partial charge in [0.15, 0.2) is 12.4 Å². The van der Waals surface area contributed by atoms with Gasteiger partial charge >= 0.3 is 0 Å². The number of aromatic nitrogens is 3. The molecule has 0 atom stereocenters. The molecule has 0 spiro atoms. The summed E-state index contributed by atoms with van der Waals surface area (Å²) < 4.78 is 5.63. The van der Waals surface area contributed by atoms with Crippen LogP contribution in [-0.4, -0.2) is 40.6 Å². The minimum atomic E-state index is -0.153. The van der Waals surface area contributed by atoms with Gasteiger partial charge in [-0.2, -0.15) is 0 Å². The van der Waals surface area contributed by atoms with Gasteiger partial charge in [0.1, 0.15) is 11.6 Å². The first kappa shape index (κ1) is 20.4. The fourth-order valence-corrected chi connectivity index (χ4v) is 3.29. The Hall–Kier alpha value is -3.87. The molecular weight excluding hydrogens is 390 g/mol. The molecule has 0 aliphatic rings. The van der Waals surface area contributed by atoms with Crippen LogP contribution in [0.25, 0.3) is 22.3 Å². The lowest BCUT2D eigenvalue weighted by Crippen LogP contribution is -2.34. The highest BCUT2D eigenvalue weighted by Gasteiger charge is 2.11. The molecule has 0 unspecified atom stereocenters. The Labute approximate surface area is 181 Å². The lowest BCUT2D eigenvalue weighted by Gasteiger charge is -2.19. The molecule has 0 aliphatic heterocycles. The second-order valence-electron chi connectivity index (χ2n) is 7.59. The van der Waals surface area contributed by atoms with Gasteiger partial charge in [-0.15, -0.1) is 0 Å². The molecular formula is C24H25N5O2. The van der Waals surface area contributed by atoms with Crippen LogP contribution in [0.15, 0.2) is 67.0 Å². The van der Waals surface area contributed by atoms with E-state index in [1.54, 1.807) is 6.20 Å². The maximum Gasteiger partial charge on any atom is 0.258 e. The number of carbonyl (C=O) groups excluding carboxylic acids is 1. The summed E-state index contributed by atoms with van der Waals surface area (Å²) in [5.41, 5.74) is 2.95.